The highest BCUT2D eigenvalue weighted by molar-refractivity contribution is 5.89. The number of esters is 1. The SMILES string of the molecule is CCOC(=O)C#Cc1ccc(C#N)cc1C(F)(F)F. The third-order valence-corrected chi connectivity index (χ3v) is 2.03. The number of carbonyl (C=O) groups is 1. The van der Waals surface area contributed by atoms with Crippen LogP contribution in [-0.2, 0) is 15.7 Å². The Morgan fingerprint density at radius 2 is 2.11 bits per heavy atom. The Balaban J connectivity index is 3.22. The maximum atomic E-state index is 12.7. The molecule has 98 valence electrons. The molecule has 19 heavy (non-hydrogen) atoms. The first kappa shape index (κ1) is 14.6. The maximum absolute atomic E-state index is 12.7. The number of nitriles is 1. The number of nitrogens with zero attached hydrogens (tertiary/aromatic N) is 1. The number of hydrogen-bond acceptors (Lipinski definition) is 3. The van der Waals surface area contributed by atoms with Gasteiger partial charge in [0.05, 0.1) is 23.8 Å². The molecule has 0 N–H and O–H groups in total. The number of alkyl halides is 3. The highest BCUT2D eigenvalue weighted by Crippen LogP contribution is 2.32. The van der Waals surface area contributed by atoms with Crippen molar-refractivity contribution in [1.29, 1.82) is 5.26 Å². The average molecular weight is 267 g/mol. The minimum absolute atomic E-state index is 0.0903. The van der Waals surface area contributed by atoms with Crippen molar-refractivity contribution in [2.24, 2.45) is 0 Å². The standard InChI is InChI=1S/C13H8F3NO2/c1-2-19-12(18)6-5-10-4-3-9(8-17)7-11(10)13(14,15)16/h3-4,7H,2H2,1H3. The van der Waals surface area contributed by atoms with E-state index in [-0.39, 0.29) is 17.7 Å². The van der Waals surface area contributed by atoms with Crippen LogP contribution >= 0.6 is 0 Å². The van der Waals surface area contributed by atoms with Crippen LogP contribution in [0.4, 0.5) is 13.2 Å². The van der Waals surface area contributed by atoms with E-state index in [4.69, 9.17) is 5.26 Å². The van der Waals surface area contributed by atoms with E-state index in [2.05, 4.69) is 10.7 Å². The summed E-state index contributed by atoms with van der Waals surface area (Å²) in [5, 5.41) is 8.58. The van der Waals surface area contributed by atoms with Crippen LogP contribution in [0.1, 0.15) is 23.6 Å². The summed E-state index contributed by atoms with van der Waals surface area (Å²) in [6.45, 7) is 1.65. The second kappa shape index (κ2) is 5.92. The van der Waals surface area contributed by atoms with Gasteiger partial charge in [0.1, 0.15) is 0 Å². The van der Waals surface area contributed by atoms with E-state index in [9.17, 15) is 18.0 Å². The molecular formula is C13H8F3NO2. The summed E-state index contributed by atoms with van der Waals surface area (Å²) in [5.41, 5.74) is -1.56. The third-order valence-electron chi connectivity index (χ3n) is 2.03. The van der Waals surface area contributed by atoms with Crippen molar-refractivity contribution in [3.8, 4) is 17.9 Å². The first-order valence-corrected chi connectivity index (χ1v) is 5.18. The zero-order chi connectivity index (χ0) is 14.5. The van der Waals surface area contributed by atoms with Crippen LogP contribution in [0, 0.1) is 23.2 Å². The molecule has 0 aromatic heterocycles. The van der Waals surface area contributed by atoms with Gasteiger partial charge in [-0.3, -0.25) is 0 Å². The fourth-order valence-corrected chi connectivity index (χ4v) is 1.24. The Bertz CT molecular complexity index is 589. The lowest BCUT2D eigenvalue weighted by atomic mass is 10.0. The van der Waals surface area contributed by atoms with Crippen molar-refractivity contribution < 1.29 is 22.7 Å². The molecule has 1 aromatic rings. The molecule has 0 saturated heterocycles. The molecule has 1 aromatic carbocycles. The molecule has 3 nitrogen and oxygen atoms in total. The van der Waals surface area contributed by atoms with Crippen LogP contribution in [0.2, 0.25) is 0 Å². The van der Waals surface area contributed by atoms with Gasteiger partial charge in [-0.2, -0.15) is 18.4 Å². The van der Waals surface area contributed by atoms with Crippen LogP contribution < -0.4 is 0 Å². The zero-order valence-corrected chi connectivity index (χ0v) is 9.84. The zero-order valence-electron chi connectivity index (χ0n) is 9.84. The lowest BCUT2D eigenvalue weighted by Crippen LogP contribution is -2.08. The Hall–Kier alpha value is -2.47. The summed E-state index contributed by atoms with van der Waals surface area (Å²) in [6, 6.07) is 4.55. The number of ether oxygens (including phenoxy) is 1. The van der Waals surface area contributed by atoms with Gasteiger partial charge in [-0.1, -0.05) is 5.92 Å². The van der Waals surface area contributed by atoms with E-state index >= 15 is 0 Å². The molecule has 1 rings (SSSR count). The number of halogens is 3. The second-order valence-corrected chi connectivity index (χ2v) is 3.34. The van der Waals surface area contributed by atoms with Gasteiger partial charge in [-0.15, -0.1) is 0 Å². The molecule has 0 unspecified atom stereocenters. The summed E-state index contributed by atoms with van der Waals surface area (Å²) in [7, 11) is 0. The van der Waals surface area contributed by atoms with Crippen LogP contribution in [0.15, 0.2) is 18.2 Å². The van der Waals surface area contributed by atoms with Gasteiger partial charge in [-0.25, -0.2) is 4.79 Å². The van der Waals surface area contributed by atoms with E-state index < -0.39 is 17.7 Å². The van der Waals surface area contributed by atoms with Crippen LogP contribution in [0.25, 0.3) is 0 Å². The number of benzene rings is 1. The lowest BCUT2D eigenvalue weighted by molar-refractivity contribution is -0.138. The summed E-state index contributed by atoms with van der Waals surface area (Å²) in [4.78, 5) is 11.0. The number of rotatable bonds is 1. The molecule has 0 aliphatic rings. The molecule has 0 spiro atoms. The lowest BCUT2D eigenvalue weighted by Gasteiger charge is -2.09. The van der Waals surface area contributed by atoms with E-state index in [1.165, 1.54) is 6.07 Å². The summed E-state index contributed by atoms with van der Waals surface area (Å²) in [5.74, 6) is 3.15. The topological polar surface area (TPSA) is 50.1 Å². The smallest absolute Gasteiger partial charge is 0.417 e. The largest absolute Gasteiger partial charge is 0.456 e. The van der Waals surface area contributed by atoms with Gasteiger partial charge >= 0.3 is 12.1 Å². The van der Waals surface area contributed by atoms with Crippen molar-refractivity contribution >= 4 is 5.97 Å². The molecule has 0 bridgehead atoms. The van der Waals surface area contributed by atoms with Gasteiger partial charge in [0.15, 0.2) is 0 Å². The van der Waals surface area contributed by atoms with Gasteiger partial charge in [0.2, 0.25) is 0 Å². The Morgan fingerprint density at radius 1 is 1.42 bits per heavy atom. The predicted molar refractivity (Wildman–Crippen MR) is 59.7 cm³/mol. The molecule has 0 saturated carbocycles. The molecule has 0 atom stereocenters. The maximum Gasteiger partial charge on any atom is 0.417 e. The minimum atomic E-state index is -4.65. The van der Waals surface area contributed by atoms with Crippen molar-refractivity contribution in [3.05, 3.63) is 34.9 Å². The summed E-state index contributed by atoms with van der Waals surface area (Å²) < 4.78 is 42.7. The molecule has 0 fully saturated rings. The molecule has 0 aliphatic carbocycles. The molecule has 0 radical (unpaired) electrons. The Morgan fingerprint density at radius 3 is 2.63 bits per heavy atom. The van der Waals surface area contributed by atoms with Crippen LogP contribution in [0.3, 0.4) is 0 Å². The Kier molecular flexibility index (Phi) is 4.55. The van der Waals surface area contributed by atoms with Gasteiger partial charge < -0.3 is 4.74 Å². The molecule has 0 heterocycles. The monoisotopic (exact) mass is 267 g/mol. The predicted octanol–water partition coefficient (Wildman–Crippen LogP) is 2.49. The highest BCUT2D eigenvalue weighted by atomic mass is 19.4. The first-order chi connectivity index (χ1) is 8.88. The van der Waals surface area contributed by atoms with E-state index in [1.54, 1.807) is 13.0 Å². The minimum Gasteiger partial charge on any atom is -0.456 e. The van der Waals surface area contributed by atoms with Crippen LogP contribution in [0.5, 0.6) is 0 Å². The Labute approximate surface area is 107 Å². The van der Waals surface area contributed by atoms with Gasteiger partial charge in [-0.05, 0) is 25.1 Å². The number of hydrogen-bond donors (Lipinski definition) is 0. The number of carbonyl (C=O) groups excluding carboxylic acids is 1. The average Bonchev–Trinajstić information content (AvgIpc) is 2.35. The molecule has 0 amide bonds. The van der Waals surface area contributed by atoms with E-state index in [1.807, 2.05) is 5.92 Å². The van der Waals surface area contributed by atoms with Gasteiger partial charge in [0, 0.05) is 11.5 Å². The summed E-state index contributed by atoms with van der Waals surface area (Å²) >= 11 is 0. The van der Waals surface area contributed by atoms with E-state index in [0.717, 1.165) is 6.07 Å². The van der Waals surface area contributed by atoms with Crippen molar-refractivity contribution in [2.45, 2.75) is 13.1 Å². The van der Waals surface area contributed by atoms with Crippen molar-refractivity contribution in [1.82, 2.24) is 0 Å². The van der Waals surface area contributed by atoms with E-state index in [0.29, 0.717) is 6.07 Å². The first-order valence-electron chi connectivity index (χ1n) is 5.18. The van der Waals surface area contributed by atoms with Crippen molar-refractivity contribution in [3.63, 3.8) is 0 Å². The van der Waals surface area contributed by atoms with Crippen LogP contribution in [-0.4, -0.2) is 12.6 Å². The molecule has 0 aliphatic heterocycles. The normalized spacial score (nSPS) is 10.1. The summed E-state index contributed by atoms with van der Waals surface area (Å²) in [6.07, 6.45) is -4.65. The second-order valence-electron chi connectivity index (χ2n) is 3.34. The third kappa shape index (κ3) is 4.04. The molecule has 6 heteroatoms. The molecular weight excluding hydrogens is 259 g/mol. The fraction of sp³-hybridized carbons (Fsp3) is 0.231. The van der Waals surface area contributed by atoms with Crippen molar-refractivity contribution in [2.75, 3.05) is 6.61 Å². The van der Waals surface area contributed by atoms with Gasteiger partial charge in [0.25, 0.3) is 0 Å². The highest BCUT2D eigenvalue weighted by Gasteiger charge is 2.33. The quantitative estimate of drug-likeness (QED) is 0.580. The fourth-order valence-electron chi connectivity index (χ4n) is 1.24.